The Morgan fingerprint density at radius 3 is 2.75 bits per heavy atom. The molecule has 62 valence electrons. The lowest BCUT2D eigenvalue weighted by atomic mass is 10.1. The standard InChI is InChI=1S/C9H9IN2/c10-8-4-2-1-3-7(8)9(12)5-6-11/h1-4,9H,5,12H2. The van der Waals surface area contributed by atoms with Crippen LogP contribution in [0.2, 0.25) is 0 Å². The lowest BCUT2D eigenvalue weighted by molar-refractivity contribution is 0.744. The number of nitrogens with zero attached hydrogens (tertiary/aromatic N) is 1. The van der Waals surface area contributed by atoms with Gasteiger partial charge in [0.25, 0.3) is 0 Å². The van der Waals surface area contributed by atoms with Crippen LogP contribution in [0.1, 0.15) is 18.0 Å². The van der Waals surface area contributed by atoms with Crippen molar-refractivity contribution in [2.75, 3.05) is 0 Å². The second kappa shape index (κ2) is 4.43. The summed E-state index contributed by atoms with van der Waals surface area (Å²) in [7, 11) is 0. The number of halogens is 1. The van der Waals surface area contributed by atoms with Gasteiger partial charge < -0.3 is 5.73 Å². The van der Waals surface area contributed by atoms with Gasteiger partial charge in [0.05, 0.1) is 12.5 Å². The molecule has 1 unspecified atom stereocenters. The highest BCUT2D eigenvalue weighted by Gasteiger charge is 2.07. The van der Waals surface area contributed by atoms with Crippen LogP contribution in [0.3, 0.4) is 0 Å². The summed E-state index contributed by atoms with van der Waals surface area (Å²) < 4.78 is 1.12. The van der Waals surface area contributed by atoms with E-state index in [1.54, 1.807) is 0 Å². The molecule has 0 amide bonds. The zero-order valence-corrected chi connectivity index (χ0v) is 8.65. The highest BCUT2D eigenvalue weighted by atomic mass is 127. The van der Waals surface area contributed by atoms with Crippen LogP contribution in [0.15, 0.2) is 24.3 Å². The number of benzene rings is 1. The summed E-state index contributed by atoms with van der Waals surface area (Å²) in [6, 6.07) is 9.77. The summed E-state index contributed by atoms with van der Waals surface area (Å²) in [5.41, 5.74) is 6.83. The van der Waals surface area contributed by atoms with Crippen molar-refractivity contribution in [1.29, 1.82) is 5.26 Å². The molecule has 12 heavy (non-hydrogen) atoms. The van der Waals surface area contributed by atoms with E-state index in [0.717, 1.165) is 9.13 Å². The number of hydrogen-bond acceptors (Lipinski definition) is 2. The fourth-order valence-electron chi connectivity index (χ4n) is 0.984. The topological polar surface area (TPSA) is 49.8 Å². The second-order valence-corrected chi connectivity index (χ2v) is 3.65. The zero-order chi connectivity index (χ0) is 8.97. The molecule has 0 radical (unpaired) electrons. The molecule has 0 aliphatic carbocycles. The molecule has 0 spiro atoms. The molecule has 2 nitrogen and oxygen atoms in total. The Labute approximate surface area is 85.5 Å². The number of hydrogen-bond donors (Lipinski definition) is 1. The van der Waals surface area contributed by atoms with E-state index in [0.29, 0.717) is 6.42 Å². The third-order valence-electron chi connectivity index (χ3n) is 1.62. The Balaban J connectivity index is 2.88. The fourth-order valence-corrected chi connectivity index (χ4v) is 1.77. The Hall–Kier alpha value is -0.600. The molecule has 0 heterocycles. The fraction of sp³-hybridized carbons (Fsp3) is 0.222. The molecule has 0 fully saturated rings. The van der Waals surface area contributed by atoms with Crippen LogP contribution in [0.4, 0.5) is 0 Å². The molecule has 1 aromatic carbocycles. The van der Waals surface area contributed by atoms with Gasteiger partial charge in [-0.05, 0) is 34.2 Å². The van der Waals surface area contributed by atoms with Gasteiger partial charge >= 0.3 is 0 Å². The molecule has 1 atom stereocenters. The molecule has 0 bridgehead atoms. The molecule has 1 rings (SSSR count). The number of nitrogens with two attached hydrogens (primary N) is 1. The second-order valence-electron chi connectivity index (χ2n) is 2.49. The first kappa shape index (κ1) is 9.49. The van der Waals surface area contributed by atoms with Crippen molar-refractivity contribution in [3.63, 3.8) is 0 Å². The number of nitriles is 1. The predicted molar refractivity (Wildman–Crippen MR) is 56.3 cm³/mol. The SMILES string of the molecule is N#CCC(N)c1ccccc1I. The van der Waals surface area contributed by atoms with E-state index in [1.807, 2.05) is 24.3 Å². The average molecular weight is 272 g/mol. The summed E-state index contributed by atoms with van der Waals surface area (Å²) in [5.74, 6) is 0. The molecule has 0 saturated heterocycles. The first-order valence-electron chi connectivity index (χ1n) is 3.62. The van der Waals surface area contributed by atoms with Crippen LogP contribution in [-0.4, -0.2) is 0 Å². The minimum absolute atomic E-state index is 0.150. The van der Waals surface area contributed by atoms with Crippen LogP contribution in [0, 0.1) is 14.9 Å². The minimum atomic E-state index is -0.150. The maximum atomic E-state index is 8.46. The molecule has 3 heteroatoms. The average Bonchev–Trinajstić information content (AvgIpc) is 2.05. The van der Waals surface area contributed by atoms with Gasteiger partial charge in [-0.25, -0.2) is 0 Å². The van der Waals surface area contributed by atoms with E-state index < -0.39 is 0 Å². The lowest BCUT2D eigenvalue weighted by Gasteiger charge is -2.09. The van der Waals surface area contributed by atoms with Gasteiger partial charge in [-0.3, -0.25) is 0 Å². The first-order chi connectivity index (χ1) is 5.75. The van der Waals surface area contributed by atoms with Crippen molar-refractivity contribution in [2.45, 2.75) is 12.5 Å². The smallest absolute Gasteiger partial charge is 0.0641 e. The van der Waals surface area contributed by atoms with Gasteiger partial charge in [0.1, 0.15) is 0 Å². The third-order valence-corrected chi connectivity index (χ3v) is 2.60. The van der Waals surface area contributed by atoms with Gasteiger partial charge in [-0.1, -0.05) is 18.2 Å². The van der Waals surface area contributed by atoms with E-state index in [2.05, 4.69) is 28.7 Å². The molecule has 2 N–H and O–H groups in total. The van der Waals surface area contributed by atoms with E-state index in [4.69, 9.17) is 11.0 Å². The monoisotopic (exact) mass is 272 g/mol. The third kappa shape index (κ3) is 2.19. The molecule has 0 aliphatic rings. The summed E-state index contributed by atoms with van der Waals surface area (Å²) in [4.78, 5) is 0. The van der Waals surface area contributed by atoms with E-state index in [9.17, 15) is 0 Å². The molecule has 0 aliphatic heterocycles. The molecule has 1 aromatic rings. The van der Waals surface area contributed by atoms with Crippen molar-refractivity contribution in [1.82, 2.24) is 0 Å². The minimum Gasteiger partial charge on any atom is -0.323 e. The Morgan fingerprint density at radius 1 is 1.50 bits per heavy atom. The summed E-state index contributed by atoms with van der Waals surface area (Å²) in [6.07, 6.45) is 0.375. The molecule has 0 aromatic heterocycles. The predicted octanol–water partition coefficient (Wildman–Crippen LogP) is 2.20. The van der Waals surface area contributed by atoms with Gasteiger partial charge in [-0.15, -0.1) is 0 Å². The molecular weight excluding hydrogens is 263 g/mol. The van der Waals surface area contributed by atoms with Crippen molar-refractivity contribution < 1.29 is 0 Å². The molecular formula is C9H9IN2. The van der Waals surface area contributed by atoms with Gasteiger partial charge in [-0.2, -0.15) is 5.26 Å². The van der Waals surface area contributed by atoms with E-state index in [1.165, 1.54) is 0 Å². The van der Waals surface area contributed by atoms with E-state index in [-0.39, 0.29) is 6.04 Å². The summed E-state index contributed by atoms with van der Waals surface area (Å²) in [5, 5.41) is 8.46. The Morgan fingerprint density at radius 2 is 2.17 bits per heavy atom. The Bertz CT molecular complexity index is 304. The van der Waals surface area contributed by atoms with Gasteiger partial charge in [0.2, 0.25) is 0 Å². The number of rotatable bonds is 2. The van der Waals surface area contributed by atoms with E-state index >= 15 is 0 Å². The van der Waals surface area contributed by atoms with Gasteiger partial charge in [0.15, 0.2) is 0 Å². The van der Waals surface area contributed by atoms with Crippen LogP contribution < -0.4 is 5.73 Å². The van der Waals surface area contributed by atoms with Crippen LogP contribution >= 0.6 is 22.6 Å². The maximum absolute atomic E-state index is 8.46. The summed E-state index contributed by atoms with van der Waals surface area (Å²) in [6.45, 7) is 0. The van der Waals surface area contributed by atoms with Crippen LogP contribution in [0.5, 0.6) is 0 Å². The first-order valence-corrected chi connectivity index (χ1v) is 4.70. The Kier molecular flexibility index (Phi) is 3.50. The lowest BCUT2D eigenvalue weighted by Crippen LogP contribution is -2.10. The normalized spacial score (nSPS) is 12.1. The van der Waals surface area contributed by atoms with Gasteiger partial charge in [0, 0.05) is 9.61 Å². The van der Waals surface area contributed by atoms with Crippen molar-refractivity contribution >= 4 is 22.6 Å². The summed E-state index contributed by atoms with van der Waals surface area (Å²) >= 11 is 2.23. The maximum Gasteiger partial charge on any atom is 0.0641 e. The van der Waals surface area contributed by atoms with Crippen molar-refractivity contribution in [3.8, 4) is 6.07 Å². The highest BCUT2D eigenvalue weighted by Crippen LogP contribution is 2.19. The quantitative estimate of drug-likeness (QED) is 0.839. The molecule has 0 saturated carbocycles. The van der Waals surface area contributed by atoms with Crippen molar-refractivity contribution in [3.05, 3.63) is 33.4 Å². The van der Waals surface area contributed by atoms with Crippen LogP contribution in [0.25, 0.3) is 0 Å². The van der Waals surface area contributed by atoms with Crippen molar-refractivity contribution in [2.24, 2.45) is 5.73 Å². The van der Waals surface area contributed by atoms with Crippen LogP contribution in [-0.2, 0) is 0 Å². The highest BCUT2D eigenvalue weighted by molar-refractivity contribution is 14.1. The zero-order valence-electron chi connectivity index (χ0n) is 6.50. The largest absolute Gasteiger partial charge is 0.323 e.